The second-order valence-electron chi connectivity index (χ2n) is 6.20. The van der Waals surface area contributed by atoms with E-state index in [1.54, 1.807) is 0 Å². The van der Waals surface area contributed by atoms with Gasteiger partial charge in [-0.2, -0.15) is 4.98 Å². The Hall–Kier alpha value is -2.21. The molecule has 1 aromatic carbocycles. The Morgan fingerprint density at radius 1 is 1.29 bits per heavy atom. The van der Waals surface area contributed by atoms with Crippen molar-refractivity contribution >= 4 is 5.91 Å². The van der Waals surface area contributed by atoms with Crippen molar-refractivity contribution in [2.24, 2.45) is 0 Å². The molecular formula is C18H24N4O2. The van der Waals surface area contributed by atoms with E-state index in [1.807, 2.05) is 30.0 Å². The standard InChI is InChI=1S/C18H24N4O2/c1-3-16-19-17(24-20-16)9-10-18(23)22-12-11-21(2)15(13-22)14-7-5-4-6-8-14/h4-8,15H,3,9-13H2,1-2H3. The Labute approximate surface area is 142 Å². The highest BCUT2D eigenvalue weighted by Gasteiger charge is 2.28. The first-order valence-electron chi connectivity index (χ1n) is 8.51. The molecule has 1 saturated heterocycles. The van der Waals surface area contributed by atoms with E-state index < -0.39 is 0 Å². The van der Waals surface area contributed by atoms with Crippen LogP contribution in [0.2, 0.25) is 0 Å². The smallest absolute Gasteiger partial charge is 0.227 e. The fourth-order valence-corrected chi connectivity index (χ4v) is 3.04. The Bertz CT molecular complexity index is 671. The monoisotopic (exact) mass is 328 g/mol. The maximum absolute atomic E-state index is 12.5. The molecule has 1 atom stereocenters. The molecule has 24 heavy (non-hydrogen) atoms. The molecule has 0 spiro atoms. The minimum atomic E-state index is 0.153. The largest absolute Gasteiger partial charge is 0.339 e. The minimum absolute atomic E-state index is 0.153. The summed E-state index contributed by atoms with van der Waals surface area (Å²) in [7, 11) is 2.12. The summed E-state index contributed by atoms with van der Waals surface area (Å²) in [6.45, 7) is 4.35. The van der Waals surface area contributed by atoms with Gasteiger partial charge in [0.15, 0.2) is 5.82 Å². The number of aromatic nitrogens is 2. The van der Waals surface area contributed by atoms with Crippen molar-refractivity contribution in [3.8, 4) is 0 Å². The summed E-state index contributed by atoms with van der Waals surface area (Å²) in [4.78, 5) is 21.1. The third-order valence-corrected chi connectivity index (χ3v) is 4.56. The van der Waals surface area contributed by atoms with Crippen molar-refractivity contribution in [1.82, 2.24) is 19.9 Å². The number of carbonyl (C=O) groups is 1. The molecule has 6 heteroatoms. The van der Waals surface area contributed by atoms with Crippen molar-refractivity contribution in [2.45, 2.75) is 32.2 Å². The normalized spacial score (nSPS) is 18.8. The van der Waals surface area contributed by atoms with Crippen molar-refractivity contribution in [3.05, 3.63) is 47.6 Å². The molecule has 1 aliphatic rings. The molecule has 1 aliphatic heterocycles. The fourth-order valence-electron chi connectivity index (χ4n) is 3.04. The Balaban J connectivity index is 1.58. The maximum Gasteiger partial charge on any atom is 0.227 e. The van der Waals surface area contributed by atoms with Crippen molar-refractivity contribution in [2.75, 3.05) is 26.7 Å². The molecule has 0 N–H and O–H groups in total. The van der Waals surface area contributed by atoms with E-state index in [9.17, 15) is 4.79 Å². The number of rotatable bonds is 5. The van der Waals surface area contributed by atoms with Gasteiger partial charge in [-0.1, -0.05) is 42.4 Å². The molecule has 1 aromatic heterocycles. The number of hydrogen-bond donors (Lipinski definition) is 0. The van der Waals surface area contributed by atoms with Crippen molar-refractivity contribution in [3.63, 3.8) is 0 Å². The molecule has 0 aliphatic carbocycles. The van der Waals surface area contributed by atoms with Gasteiger partial charge >= 0.3 is 0 Å². The summed E-state index contributed by atoms with van der Waals surface area (Å²) in [5.74, 6) is 1.40. The van der Waals surface area contributed by atoms with E-state index in [4.69, 9.17) is 4.52 Å². The fraction of sp³-hybridized carbons (Fsp3) is 0.500. The molecule has 1 amide bonds. The zero-order chi connectivity index (χ0) is 16.9. The minimum Gasteiger partial charge on any atom is -0.339 e. The predicted octanol–water partition coefficient (Wildman–Crippen LogP) is 2.08. The lowest BCUT2D eigenvalue weighted by Crippen LogP contribution is -2.49. The van der Waals surface area contributed by atoms with Crippen LogP contribution in [0.5, 0.6) is 0 Å². The Morgan fingerprint density at radius 2 is 2.08 bits per heavy atom. The number of likely N-dealkylation sites (N-methyl/N-ethyl adjacent to an activating group) is 1. The van der Waals surface area contributed by atoms with Gasteiger partial charge in [0.2, 0.25) is 11.8 Å². The van der Waals surface area contributed by atoms with Gasteiger partial charge in [0, 0.05) is 38.9 Å². The van der Waals surface area contributed by atoms with Crippen LogP contribution in [0, 0.1) is 0 Å². The number of aryl methyl sites for hydroxylation is 2. The highest BCUT2D eigenvalue weighted by atomic mass is 16.5. The summed E-state index contributed by atoms with van der Waals surface area (Å²) < 4.78 is 5.16. The van der Waals surface area contributed by atoms with Crippen LogP contribution in [-0.4, -0.2) is 52.5 Å². The molecule has 3 rings (SSSR count). The van der Waals surface area contributed by atoms with E-state index >= 15 is 0 Å². The van der Waals surface area contributed by atoms with Crippen LogP contribution < -0.4 is 0 Å². The van der Waals surface area contributed by atoms with Crippen LogP contribution in [0.25, 0.3) is 0 Å². The topological polar surface area (TPSA) is 62.5 Å². The van der Waals surface area contributed by atoms with Gasteiger partial charge in [0.25, 0.3) is 0 Å². The highest BCUT2D eigenvalue weighted by molar-refractivity contribution is 5.76. The SMILES string of the molecule is CCc1noc(CCC(=O)N2CCN(C)C(c3ccccc3)C2)n1. The summed E-state index contributed by atoms with van der Waals surface area (Å²) >= 11 is 0. The van der Waals surface area contributed by atoms with Gasteiger partial charge in [-0.05, 0) is 12.6 Å². The van der Waals surface area contributed by atoms with Crippen molar-refractivity contribution in [1.29, 1.82) is 0 Å². The maximum atomic E-state index is 12.5. The summed E-state index contributed by atoms with van der Waals surface area (Å²) in [6.07, 6.45) is 1.67. The molecule has 2 heterocycles. The predicted molar refractivity (Wildman–Crippen MR) is 90.4 cm³/mol. The molecular weight excluding hydrogens is 304 g/mol. The van der Waals surface area contributed by atoms with Crippen LogP contribution in [0.1, 0.15) is 36.7 Å². The van der Waals surface area contributed by atoms with Crippen LogP contribution in [0.15, 0.2) is 34.9 Å². The molecule has 128 valence electrons. The van der Waals surface area contributed by atoms with Gasteiger partial charge in [-0.25, -0.2) is 0 Å². The summed E-state index contributed by atoms with van der Waals surface area (Å²) in [5, 5.41) is 3.87. The lowest BCUT2D eigenvalue weighted by atomic mass is 10.0. The number of hydrogen-bond acceptors (Lipinski definition) is 5. The number of carbonyl (C=O) groups excluding carboxylic acids is 1. The molecule has 0 bridgehead atoms. The average molecular weight is 328 g/mol. The van der Waals surface area contributed by atoms with E-state index in [0.29, 0.717) is 24.6 Å². The van der Waals surface area contributed by atoms with Crippen LogP contribution in [-0.2, 0) is 17.6 Å². The number of benzene rings is 1. The van der Waals surface area contributed by atoms with Gasteiger partial charge in [-0.15, -0.1) is 0 Å². The third kappa shape index (κ3) is 3.82. The Morgan fingerprint density at radius 3 is 2.79 bits per heavy atom. The zero-order valence-electron chi connectivity index (χ0n) is 14.3. The first-order valence-corrected chi connectivity index (χ1v) is 8.51. The quantitative estimate of drug-likeness (QED) is 0.841. The van der Waals surface area contributed by atoms with Crippen LogP contribution in [0.4, 0.5) is 0 Å². The van der Waals surface area contributed by atoms with E-state index in [-0.39, 0.29) is 11.9 Å². The van der Waals surface area contributed by atoms with Gasteiger partial charge in [0.1, 0.15) is 0 Å². The van der Waals surface area contributed by atoms with Crippen LogP contribution >= 0.6 is 0 Å². The zero-order valence-corrected chi connectivity index (χ0v) is 14.3. The second-order valence-corrected chi connectivity index (χ2v) is 6.20. The molecule has 0 radical (unpaired) electrons. The lowest BCUT2D eigenvalue weighted by molar-refractivity contribution is -0.134. The average Bonchev–Trinajstić information content (AvgIpc) is 3.09. The first-order chi connectivity index (χ1) is 11.7. The number of piperazine rings is 1. The number of amides is 1. The summed E-state index contributed by atoms with van der Waals surface area (Å²) in [6, 6.07) is 10.6. The Kier molecular flexibility index (Phi) is 5.25. The van der Waals surface area contributed by atoms with E-state index in [0.717, 1.165) is 26.1 Å². The first kappa shape index (κ1) is 16.6. The molecule has 1 fully saturated rings. The lowest BCUT2D eigenvalue weighted by Gasteiger charge is -2.39. The van der Waals surface area contributed by atoms with Gasteiger partial charge < -0.3 is 9.42 Å². The van der Waals surface area contributed by atoms with Gasteiger partial charge in [-0.3, -0.25) is 9.69 Å². The van der Waals surface area contributed by atoms with Crippen LogP contribution in [0.3, 0.4) is 0 Å². The molecule has 1 unspecified atom stereocenters. The molecule has 0 saturated carbocycles. The van der Waals surface area contributed by atoms with E-state index in [2.05, 4.69) is 34.2 Å². The highest BCUT2D eigenvalue weighted by Crippen LogP contribution is 2.24. The van der Waals surface area contributed by atoms with Gasteiger partial charge in [0.05, 0.1) is 6.04 Å². The number of nitrogens with zero attached hydrogens (tertiary/aromatic N) is 4. The molecule has 6 nitrogen and oxygen atoms in total. The van der Waals surface area contributed by atoms with E-state index in [1.165, 1.54) is 5.56 Å². The second kappa shape index (κ2) is 7.57. The molecule has 2 aromatic rings. The third-order valence-electron chi connectivity index (χ3n) is 4.56. The van der Waals surface area contributed by atoms with Crippen molar-refractivity contribution < 1.29 is 9.32 Å². The summed E-state index contributed by atoms with van der Waals surface area (Å²) in [5.41, 5.74) is 1.25.